The van der Waals surface area contributed by atoms with Crippen molar-refractivity contribution in [2.24, 2.45) is 13.0 Å². The van der Waals surface area contributed by atoms with Crippen molar-refractivity contribution in [2.45, 2.75) is 38.1 Å². The van der Waals surface area contributed by atoms with Gasteiger partial charge in [-0.3, -0.25) is 19.4 Å². The number of aromatic hydroxyl groups is 1. The fourth-order valence-corrected chi connectivity index (χ4v) is 6.40. The normalized spacial score (nSPS) is 24.1. The second-order valence-electron chi connectivity index (χ2n) is 10.8. The molecule has 3 aromatic rings. The molecule has 2 saturated heterocycles. The van der Waals surface area contributed by atoms with Gasteiger partial charge in [0.25, 0.3) is 5.56 Å². The molecule has 6 rings (SSSR count). The molecule has 37 heavy (non-hydrogen) atoms. The molecule has 5 heterocycles. The van der Waals surface area contributed by atoms with Crippen LogP contribution in [0.3, 0.4) is 0 Å². The third kappa shape index (κ3) is 4.77. The van der Waals surface area contributed by atoms with E-state index in [9.17, 15) is 14.7 Å². The van der Waals surface area contributed by atoms with Gasteiger partial charge in [0.1, 0.15) is 0 Å². The predicted octanol–water partition coefficient (Wildman–Crippen LogP) is 2.45. The number of piperidine rings is 1. The Morgan fingerprint density at radius 2 is 1.78 bits per heavy atom. The number of benzene rings is 1. The van der Waals surface area contributed by atoms with E-state index in [1.54, 1.807) is 12.1 Å². The van der Waals surface area contributed by atoms with E-state index in [4.69, 9.17) is 4.74 Å². The molecule has 1 unspecified atom stereocenters. The van der Waals surface area contributed by atoms with Crippen LogP contribution in [0.5, 0.6) is 5.75 Å². The number of hydrogen-bond donors (Lipinski definition) is 1. The minimum absolute atomic E-state index is 0.0274. The summed E-state index contributed by atoms with van der Waals surface area (Å²) in [4.78, 5) is 29.8. The maximum Gasteiger partial charge on any atom is 0.250 e. The number of fused-ring (bicyclic) bond motifs is 4. The molecule has 0 aliphatic carbocycles. The number of aromatic nitrogens is 2. The average Bonchev–Trinajstić information content (AvgIpc) is 2.91. The van der Waals surface area contributed by atoms with E-state index in [1.165, 1.54) is 0 Å². The number of nitrogens with zero attached hydrogens (tertiary/aromatic N) is 4. The summed E-state index contributed by atoms with van der Waals surface area (Å²) in [6.45, 7) is 5.68. The second-order valence-corrected chi connectivity index (χ2v) is 10.8. The Bertz CT molecular complexity index is 1400. The minimum Gasteiger partial charge on any atom is -0.503 e. The summed E-state index contributed by atoms with van der Waals surface area (Å²) in [6, 6.07) is 17.3. The molecule has 3 atom stereocenters. The summed E-state index contributed by atoms with van der Waals surface area (Å²) in [5.74, 6) is 0.569. The van der Waals surface area contributed by atoms with Crippen molar-refractivity contribution in [1.82, 2.24) is 18.9 Å². The molecule has 2 bridgehead atoms. The molecule has 2 fully saturated rings. The number of hydrogen-bond acceptors (Lipinski definition) is 6. The Morgan fingerprint density at radius 1 is 0.946 bits per heavy atom. The van der Waals surface area contributed by atoms with Crippen LogP contribution in [0.25, 0.3) is 0 Å². The van der Waals surface area contributed by atoms with Gasteiger partial charge in [0.05, 0.1) is 18.4 Å². The summed E-state index contributed by atoms with van der Waals surface area (Å²) in [5.41, 5.74) is 3.56. The molecule has 194 valence electrons. The summed E-state index contributed by atoms with van der Waals surface area (Å²) >= 11 is 0. The van der Waals surface area contributed by atoms with E-state index < -0.39 is 0 Å². The Kier molecular flexibility index (Phi) is 6.48. The molecule has 0 amide bonds. The molecule has 8 heteroatoms. The van der Waals surface area contributed by atoms with Crippen LogP contribution in [0.1, 0.15) is 41.1 Å². The lowest BCUT2D eigenvalue weighted by atomic mass is 9.83. The molecule has 8 nitrogen and oxygen atoms in total. The van der Waals surface area contributed by atoms with E-state index in [0.29, 0.717) is 43.8 Å². The summed E-state index contributed by atoms with van der Waals surface area (Å²) in [6.07, 6.45) is 1.07. The molecule has 2 aromatic heterocycles. The van der Waals surface area contributed by atoms with Gasteiger partial charge < -0.3 is 19.0 Å². The van der Waals surface area contributed by atoms with Crippen molar-refractivity contribution >= 4 is 0 Å². The predicted molar refractivity (Wildman–Crippen MR) is 141 cm³/mol. The standard InChI is InChI=1S/C29H34N4O4/c1-30-23(17-32-14-20-12-22(16-32)24-8-5-9-28(35)33(24)15-20)13-26(34)29(36)25(30)18-31-10-11-37-27(19-31)21-6-3-2-4-7-21/h2-9,13,20,22,27,36H,10-12,14-19H2,1H3/t20-,22+,27?/m1/s1. The molecule has 1 N–H and O–H groups in total. The van der Waals surface area contributed by atoms with Crippen LogP contribution in [0.4, 0.5) is 0 Å². The zero-order chi connectivity index (χ0) is 25.5. The zero-order valence-corrected chi connectivity index (χ0v) is 21.3. The fraction of sp³-hybridized carbons (Fsp3) is 0.448. The van der Waals surface area contributed by atoms with E-state index in [1.807, 2.05) is 40.4 Å². The first kappa shape index (κ1) is 24.2. The van der Waals surface area contributed by atoms with Gasteiger partial charge in [0.15, 0.2) is 5.75 Å². The Labute approximate surface area is 216 Å². The number of rotatable bonds is 5. The van der Waals surface area contributed by atoms with Crippen molar-refractivity contribution in [3.8, 4) is 5.75 Å². The maximum absolute atomic E-state index is 12.8. The lowest BCUT2D eigenvalue weighted by molar-refractivity contribution is -0.0338. The molecular weight excluding hydrogens is 468 g/mol. The van der Waals surface area contributed by atoms with Crippen LogP contribution in [-0.2, 0) is 31.4 Å². The van der Waals surface area contributed by atoms with Crippen LogP contribution in [0.15, 0.2) is 64.2 Å². The molecule has 0 spiro atoms. The second kappa shape index (κ2) is 9.93. The van der Waals surface area contributed by atoms with Crippen LogP contribution in [0, 0.1) is 5.92 Å². The SMILES string of the molecule is Cn1c(CN2C[C@H]3C[C@@H](C2)c2cccc(=O)n2C3)cc(=O)c(O)c1CN1CCOC(c2ccccc2)C1. The minimum atomic E-state index is -0.329. The lowest BCUT2D eigenvalue weighted by Gasteiger charge is -2.43. The number of pyridine rings is 2. The monoisotopic (exact) mass is 502 g/mol. The summed E-state index contributed by atoms with van der Waals surface area (Å²) < 4.78 is 9.94. The Balaban J connectivity index is 1.21. The molecule has 1 aromatic carbocycles. The molecule has 0 radical (unpaired) electrons. The largest absolute Gasteiger partial charge is 0.503 e. The van der Waals surface area contributed by atoms with Gasteiger partial charge in [0.2, 0.25) is 5.43 Å². The number of ether oxygens (including phenoxy) is 1. The van der Waals surface area contributed by atoms with E-state index in [-0.39, 0.29) is 22.8 Å². The van der Waals surface area contributed by atoms with Crippen molar-refractivity contribution in [2.75, 3.05) is 32.8 Å². The highest BCUT2D eigenvalue weighted by molar-refractivity contribution is 5.30. The first-order valence-corrected chi connectivity index (χ1v) is 13.2. The Morgan fingerprint density at radius 3 is 2.62 bits per heavy atom. The topological polar surface area (TPSA) is 79.9 Å². The van der Waals surface area contributed by atoms with Crippen molar-refractivity contribution in [3.63, 3.8) is 0 Å². The third-order valence-electron chi connectivity index (χ3n) is 8.28. The van der Waals surface area contributed by atoms with Gasteiger partial charge in [-0.1, -0.05) is 36.4 Å². The van der Waals surface area contributed by atoms with Gasteiger partial charge in [-0.25, -0.2) is 0 Å². The highest BCUT2D eigenvalue weighted by Gasteiger charge is 2.35. The number of likely N-dealkylation sites (tertiary alicyclic amines) is 1. The highest BCUT2D eigenvalue weighted by Crippen LogP contribution is 2.35. The van der Waals surface area contributed by atoms with Crippen molar-refractivity contribution < 1.29 is 9.84 Å². The van der Waals surface area contributed by atoms with Crippen LogP contribution in [-0.4, -0.2) is 56.8 Å². The van der Waals surface area contributed by atoms with Crippen molar-refractivity contribution in [1.29, 1.82) is 0 Å². The quantitative estimate of drug-likeness (QED) is 0.578. The van der Waals surface area contributed by atoms with Gasteiger partial charge in [-0.05, 0) is 24.0 Å². The Hall–Kier alpha value is -3.20. The van der Waals surface area contributed by atoms with Crippen LogP contribution in [0.2, 0.25) is 0 Å². The fourth-order valence-electron chi connectivity index (χ4n) is 6.40. The van der Waals surface area contributed by atoms with Crippen LogP contribution < -0.4 is 11.0 Å². The summed E-state index contributed by atoms with van der Waals surface area (Å²) in [7, 11) is 1.94. The van der Waals surface area contributed by atoms with E-state index >= 15 is 0 Å². The van der Waals surface area contributed by atoms with Gasteiger partial charge in [0, 0.05) is 82.3 Å². The maximum atomic E-state index is 12.8. The molecular formula is C29H34N4O4. The van der Waals surface area contributed by atoms with Gasteiger partial charge in [-0.2, -0.15) is 0 Å². The first-order valence-electron chi connectivity index (χ1n) is 13.2. The smallest absolute Gasteiger partial charge is 0.250 e. The third-order valence-corrected chi connectivity index (χ3v) is 8.28. The van der Waals surface area contributed by atoms with E-state index in [0.717, 1.165) is 49.6 Å². The number of morpholine rings is 1. The van der Waals surface area contributed by atoms with Crippen LogP contribution >= 0.6 is 0 Å². The highest BCUT2D eigenvalue weighted by atomic mass is 16.5. The van der Waals surface area contributed by atoms with E-state index in [2.05, 4.69) is 28.0 Å². The lowest BCUT2D eigenvalue weighted by Crippen LogP contribution is -2.47. The molecule has 3 aliphatic heterocycles. The molecule has 0 saturated carbocycles. The van der Waals surface area contributed by atoms with Gasteiger partial charge >= 0.3 is 0 Å². The summed E-state index contributed by atoms with van der Waals surface area (Å²) in [5, 5.41) is 10.8. The first-order chi connectivity index (χ1) is 18.0. The zero-order valence-electron chi connectivity index (χ0n) is 21.3. The van der Waals surface area contributed by atoms with Gasteiger partial charge in [-0.15, -0.1) is 0 Å². The molecule has 3 aliphatic rings. The van der Waals surface area contributed by atoms with Crippen molar-refractivity contribution in [3.05, 3.63) is 97.8 Å². The average molecular weight is 503 g/mol.